The first-order valence-electron chi connectivity index (χ1n) is 7.40. The van der Waals surface area contributed by atoms with Crippen molar-refractivity contribution in [2.75, 3.05) is 6.54 Å². The van der Waals surface area contributed by atoms with E-state index >= 15 is 0 Å². The Morgan fingerprint density at radius 2 is 1.90 bits per heavy atom. The van der Waals surface area contributed by atoms with Crippen LogP contribution in [0.4, 0.5) is 0 Å². The first-order valence-corrected chi connectivity index (χ1v) is 7.78. The van der Waals surface area contributed by atoms with E-state index in [0.717, 1.165) is 34.9 Å². The summed E-state index contributed by atoms with van der Waals surface area (Å²) < 4.78 is 5.78. The van der Waals surface area contributed by atoms with Crippen LogP contribution in [0.25, 0.3) is 0 Å². The average Bonchev–Trinajstić information content (AvgIpc) is 2.51. The van der Waals surface area contributed by atoms with Crippen LogP contribution in [0.1, 0.15) is 37.4 Å². The van der Waals surface area contributed by atoms with Gasteiger partial charge in [-0.05, 0) is 43.1 Å². The summed E-state index contributed by atoms with van der Waals surface area (Å²) in [6.45, 7) is 5.83. The predicted molar refractivity (Wildman–Crippen MR) is 88.9 cm³/mol. The highest BCUT2D eigenvalue weighted by molar-refractivity contribution is 6.31. The largest absolute Gasteiger partial charge is 0.489 e. The molecule has 1 atom stereocenters. The second kappa shape index (κ2) is 8.06. The molecule has 0 heterocycles. The van der Waals surface area contributed by atoms with E-state index in [-0.39, 0.29) is 6.04 Å². The first-order chi connectivity index (χ1) is 10.2. The van der Waals surface area contributed by atoms with Crippen LogP contribution in [0.5, 0.6) is 5.75 Å². The van der Waals surface area contributed by atoms with E-state index in [2.05, 4.69) is 19.2 Å². The Hall–Kier alpha value is -1.51. The first kappa shape index (κ1) is 15.9. The van der Waals surface area contributed by atoms with Gasteiger partial charge < -0.3 is 10.1 Å². The number of hydrogen-bond acceptors (Lipinski definition) is 2. The van der Waals surface area contributed by atoms with Gasteiger partial charge in [-0.3, -0.25) is 0 Å². The monoisotopic (exact) mass is 303 g/mol. The van der Waals surface area contributed by atoms with Crippen LogP contribution in [-0.4, -0.2) is 6.54 Å². The van der Waals surface area contributed by atoms with Crippen molar-refractivity contribution in [3.05, 3.63) is 64.7 Å². The van der Waals surface area contributed by atoms with Crippen molar-refractivity contribution in [1.29, 1.82) is 0 Å². The molecule has 0 spiro atoms. The summed E-state index contributed by atoms with van der Waals surface area (Å²) >= 11 is 6.36. The van der Waals surface area contributed by atoms with E-state index in [0.29, 0.717) is 6.61 Å². The second-order valence-electron chi connectivity index (χ2n) is 5.13. The van der Waals surface area contributed by atoms with Gasteiger partial charge in [-0.15, -0.1) is 0 Å². The molecule has 2 nitrogen and oxygen atoms in total. The topological polar surface area (TPSA) is 21.3 Å². The van der Waals surface area contributed by atoms with E-state index in [1.165, 1.54) is 0 Å². The summed E-state index contributed by atoms with van der Waals surface area (Å²) in [7, 11) is 0. The van der Waals surface area contributed by atoms with E-state index in [9.17, 15) is 0 Å². The Kier molecular flexibility index (Phi) is 6.09. The number of benzene rings is 2. The van der Waals surface area contributed by atoms with Gasteiger partial charge in [0.1, 0.15) is 12.4 Å². The molecule has 1 unspecified atom stereocenters. The molecule has 0 radical (unpaired) electrons. The molecule has 0 saturated carbocycles. The number of hydrogen-bond donors (Lipinski definition) is 1. The Labute approximate surface area is 132 Å². The second-order valence-corrected chi connectivity index (χ2v) is 5.54. The van der Waals surface area contributed by atoms with Crippen LogP contribution in [0, 0.1) is 0 Å². The zero-order valence-electron chi connectivity index (χ0n) is 12.6. The summed E-state index contributed by atoms with van der Waals surface area (Å²) in [6.07, 6.45) is 1.11. The fraction of sp³-hybridized carbons (Fsp3) is 0.333. The number of nitrogens with one attached hydrogen (secondary N) is 1. The molecular formula is C18H22ClNO. The average molecular weight is 304 g/mol. The molecule has 2 rings (SSSR count). The van der Waals surface area contributed by atoms with Gasteiger partial charge in [0.05, 0.1) is 0 Å². The molecule has 0 bridgehead atoms. The van der Waals surface area contributed by atoms with Gasteiger partial charge in [0.2, 0.25) is 0 Å². The Morgan fingerprint density at radius 3 is 2.57 bits per heavy atom. The lowest BCUT2D eigenvalue weighted by molar-refractivity contribution is 0.306. The maximum atomic E-state index is 6.36. The molecule has 0 fully saturated rings. The molecule has 0 aromatic heterocycles. The van der Waals surface area contributed by atoms with Crippen LogP contribution in [-0.2, 0) is 6.61 Å². The number of halogens is 1. The molecule has 1 N–H and O–H groups in total. The zero-order chi connectivity index (χ0) is 15.1. The van der Waals surface area contributed by atoms with Gasteiger partial charge in [-0.1, -0.05) is 54.9 Å². The fourth-order valence-electron chi connectivity index (χ4n) is 2.16. The standard InChI is InChI=1S/C18H22ClNO/c1-3-11-20-14(2)17-10-9-16(12-18(17)19)21-13-15-7-5-4-6-8-15/h4-10,12,14,20H,3,11,13H2,1-2H3. The molecule has 0 aliphatic carbocycles. The van der Waals surface area contributed by atoms with Crippen LogP contribution in [0.3, 0.4) is 0 Å². The third kappa shape index (κ3) is 4.76. The fourth-order valence-corrected chi connectivity index (χ4v) is 2.49. The number of ether oxygens (including phenoxy) is 1. The summed E-state index contributed by atoms with van der Waals surface area (Å²) in [5, 5.41) is 4.19. The van der Waals surface area contributed by atoms with Crippen LogP contribution < -0.4 is 10.1 Å². The molecule has 0 amide bonds. The molecule has 3 heteroatoms. The molecule has 0 aliphatic heterocycles. The van der Waals surface area contributed by atoms with E-state index in [4.69, 9.17) is 16.3 Å². The Balaban J connectivity index is 1.98. The molecule has 21 heavy (non-hydrogen) atoms. The highest BCUT2D eigenvalue weighted by Gasteiger charge is 2.09. The van der Waals surface area contributed by atoms with E-state index < -0.39 is 0 Å². The smallest absolute Gasteiger partial charge is 0.121 e. The zero-order valence-corrected chi connectivity index (χ0v) is 13.4. The van der Waals surface area contributed by atoms with Crippen molar-refractivity contribution in [3.8, 4) is 5.75 Å². The minimum absolute atomic E-state index is 0.251. The quantitative estimate of drug-likeness (QED) is 0.779. The van der Waals surface area contributed by atoms with Gasteiger partial charge in [-0.2, -0.15) is 0 Å². The highest BCUT2D eigenvalue weighted by atomic mass is 35.5. The van der Waals surface area contributed by atoms with Crippen molar-refractivity contribution < 1.29 is 4.74 Å². The van der Waals surface area contributed by atoms with Gasteiger partial charge in [0.15, 0.2) is 0 Å². The molecule has 112 valence electrons. The third-order valence-electron chi connectivity index (χ3n) is 3.39. The summed E-state index contributed by atoms with van der Waals surface area (Å²) in [5.41, 5.74) is 2.26. The lowest BCUT2D eigenvalue weighted by Gasteiger charge is -2.16. The minimum atomic E-state index is 0.251. The van der Waals surface area contributed by atoms with E-state index in [1.807, 2.05) is 48.5 Å². The van der Waals surface area contributed by atoms with Crippen molar-refractivity contribution in [3.63, 3.8) is 0 Å². The molecule has 2 aromatic rings. The minimum Gasteiger partial charge on any atom is -0.489 e. The van der Waals surface area contributed by atoms with Crippen LogP contribution in [0.2, 0.25) is 5.02 Å². The summed E-state index contributed by atoms with van der Waals surface area (Å²) in [6, 6.07) is 16.3. The van der Waals surface area contributed by atoms with Crippen LogP contribution in [0.15, 0.2) is 48.5 Å². The maximum absolute atomic E-state index is 6.36. The van der Waals surface area contributed by atoms with Gasteiger partial charge in [0, 0.05) is 11.1 Å². The van der Waals surface area contributed by atoms with Crippen molar-refractivity contribution >= 4 is 11.6 Å². The Bertz CT molecular complexity index is 556. The van der Waals surface area contributed by atoms with Crippen LogP contribution >= 0.6 is 11.6 Å². The molecular weight excluding hydrogens is 282 g/mol. The summed E-state index contributed by atoms with van der Waals surface area (Å²) in [5.74, 6) is 0.801. The van der Waals surface area contributed by atoms with E-state index in [1.54, 1.807) is 0 Å². The van der Waals surface area contributed by atoms with Gasteiger partial charge in [0.25, 0.3) is 0 Å². The third-order valence-corrected chi connectivity index (χ3v) is 3.71. The van der Waals surface area contributed by atoms with Crippen molar-refractivity contribution in [2.24, 2.45) is 0 Å². The van der Waals surface area contributed by atoms with Crippen molar-refractivity contribution in [2.45, 2.75) is 32.9 Å². The predicted octanol–water partition coefficient (Wildman–Crippen LogP) is 4.98. The van der Waals surface area contributed by atoms with Crippen molar-refractivity contribution in [1.82, 2.24) is 5.32 Å². The number of rotatable bonds is 7. The lowest BCUT2D eigenvalue weighted by Crippen LogP contribution is -2.19. The maximum Gasteiger partial charge on any atom is 0.121 e. The highest BCUT2D eigenvalue weighted by Crippen LogP contribution is 2.27. The molecule has 2 aromatic carbocycles. The summed E-state index contributed by atoms with van der Waals surface area (Å²) in [4.78, 5) is 0. The van der Waals surface area contributed by atoms with Gasteiger partial charge in [-0.25, -0.2) is 0 Å². The Morgan fingerprint density at radius 1 is 1.14 bits per heavy atom. The SMILES string of the molecule is CCCNC(C)c1ccc(OCc2ccccc2)cc1Cl. The lowest BCUT2D eigenvalue weighted by atomic mass is 10.1. The molecule has 0 saturated heterocycles. The molecule has 0 aliphatic rings. The van der Waals surface area contributed by atoms with Gasteiger partial charge >= 0.3 is 0 Å². The normalized spacial score (nSPS) is 12.1.